The van der Waals surface area contributed by atoms with Crippen molar-refractivity contribution in [2.24, 2.45) is 5.92 Å². The number of hydrogen-bond donors (Lipinski definition) is 1. The van der Waals surface area contributed by atoms with Gasteiger partial charge in [-0.1, -0.05) is 12.1 Å². The summed E-state index contributed by atoms with van der Waals surface area (Å²) in [7, 11) is 1.81. The predicted molar refractivity (Wildman–Crippen MR) is 90.9 cm³/mol. The Labute approximate surface area is 142 Å². The van der Waals surface area contributed by atoms with Gasteiger partial charge in [0.15, 0.2) is 0 Å². The van der Waals surface area contributed by atoms with Crippen molar-refractivity contribution in [1.29, 1.82) is 0 Å². The number of rotatable bonds is 4. The fourth-order valence-electron chi connectivity index (χ4n) is 3.61. The van der Waals surface area contributed by atoms with Gasteiger partial charge < -0.3 is 19.9 Å². The highest BCUT2D eigenvalue weighted by Crippen LogP contribution is 2.30. The largest absolute Gasteiger partial charge is 0.492 e. The lowest BCUT2D eigenvalue weighted by atomic mass is 9.92. The predicted octanol–water partition coefficient (Wildman–Crippen LogP) is 1.64. The Hall–Kier alpha value is -2.24. The van der Waals surface area contributed by atoms with Crippen molar-refractivity contribution in [2.75, 3.05) is 33.3 Å². The van der Waals surface area contributed by atoms with E-state index >= 15 is 0 Å². The molecule has 0 aromatic heterocycles. The third-order valence-corrected chi connectivity index (χ3v) is 4.83. The van der Waals surface area contributed by atoms with Crippen LogP contribution in [0.3, 0.4) is 0 Å². The summed E-state index contributed by atoms with van der Waals surface area (Å²) in [6, 6.07) is 7.75. The third kappa shape index (κ3) is 3.47. The normalized spacial score (nSPS) is 23.2. The Bertz CT molecular complexity index is 619. The molecular weight excluding hydrogens is 306 g/mol. The Balaban J connectivity index is 1.47. The zero-order chi connectivity index (χ0) is 17.1. The number of ether oxygens (including phenoxy) is 1. The maximum Gasteiger partial charge on any atom is 0.317 e. The van der Waals surface area contributed by atoms with E-state index in [4.69, 9.17) is 4.74 Å². The second-order valence-electron chi connectivity index (χ2n) is 6.63. The number of amides is 3. The number of likely N-dealkylation sites (N-methyl/N-ethyl adjacent to an activating group) is 1. The summed E-state index contributed by atoms with van der Waals surface area (Å²) in [6.45, 7) is 4.24. The summed E-state index contributed by atoms with van der Waals surface area (Å²) in [5, 5.41) is 2.91. The summed E-state index contributed by atoms with van der Waals surface area (Å²) >= 11 is 0. The lowest BCUT2D eigenvalue weighted by Crippen LogP contribution is -2.52. The van der Waals surface area contributed by atoms with Crippen LogP contribution in [0.4, 0.5) is 4.79 Å². The molecule has 130 valence electrons. The van der Waals surface area contributed by atoms with Crippen molar-refractivity contribution in [1.82, 2.24) is 15.1 Å². The average molecular weight is 331 g/mol. The minimum atomic E-state index is -0.0966. The highest BCUT2D eigenvalue weighted by atomic mass is 16.5. The average Bonchev–Trinajstić information content (AvgIpc) is 2.86. The zero-order valence-electron chi connectivity index (χ0n) is 14.3. The first-order valence-electron chi connectivity index (χ1n) is 8.55. The van der Waals surface area contributed by atoms with Crippen LogP contribution in [0.1, 0.15) is 18.4 Å². The van der Waals surface area contributed by atoms with Crippen molar-refractivity contribution >= 4 is 11.9 Å². The van der Waals surface area contributed by atoms with E-state index in [2.05, 4.69) is 5.32 Å². The number of nitrogens with zero attached hydrogens (tertiary/aromatic N) is 2. The van der Waals surface area contributed by atoms with Crippen molar-refractivity contribution in [3.63, 3.8) is 0 Å². The van der Waals surface area contributed by atoms with Crippen LogP contribution in [-0.4, -0.2) is 61.1 Å². The Morgan fingerprint density at radius 3 is 3.04 bits per heavy atom. The molecule has 2 saturated heterocycles. The summed E-state index contributed by atoms with van der Waals surface area (Å²) < 4.78 is 5.65. The molecule has 0 saturated carbocycles. The molecule has 0 aliphatic carbocycles. The molecule has 0 unspecified atom stereocenters. The quantitative estimate of drug-likeness (QED) is 0.853. The first-order valence-corrected chi connectivity index (χ1v) is 8.55. The Kier molecular flexibility index (Phi) is 4.92. The monoisotopic (exact) mass is 331 g/mol. The first kappa shape index (κ1) is 16.6. The first-order chi connectivity index (χ1) is 11.6. The zero-order valence-corrected chi connectivity index (χ0v) is 14.3. The van der Waals surface area contributed by atoms with Gasteiger partial charge in [0.1, 0.15) is 12.4 Å². The molecule has 0 spiro atoms. The van der Waals surface area contributed by atoms with Gasteiger partial charge in [-0.2, -0.15) is 0 Å². The number of piperidine rings is 1. The number of carbonyl (C=O) groups is 2. The van der Waals surface area contributed by atoms with Gasteiger partial charge in [-0.05, 0) is 37.5 Å². The summed E-state index contributed by atoms with van der Waals surface area (Å²) in [5.74, 6) is 0.948. The molecule has 2 atom stereocenters. The molecule has 2 fully saturated rings. The van der Waals surface area contributed by atoms with Crippen LogP contribution >= 0.6 is 0 Å². The lowest BCUT2D eigenvalue weighted by Gasteiger charge is -2.35. The fraction of sp³-hybridized carbons (Fsp3) is 0.556. The molecule has 1 aromatic rings. The van der Waals surface area contributed by atoms with Crippen molar-refractivity contribution in [3.8, 4) is 5.75 Å². The molecule has 2 aliphatic heterocycles. The van der Waals surface area contributed by atoms with E-state index in [-0.39, 0.29) is 23.9 Å². The maximum atomic E-state index is 12.4. The standard InChI is InChI=1S/C18H25N3O3/c1-13-5-3-6-14(11-13)24-10-8-19-18(23)21-9-4-7-15-16(21)12-20(2)17(15)22/h3,5-6,11,15-16H,4,7-10,12H2,1-2H3,(H,19,23)/t15-,16-/m1/s1. The SMILES string of the molecule is Cc1cccc(OCCNC(=O)N2CCC[C@H]3C(=O)N(C)C[C@H]32)c1. The molecule has 6 nitrogen and oxygen atoms in total. The fourth-order valence-corrected chi connectivity index (χ4v) is 3.61. The molecule has 24 heavy (non-hydrogen) atoms. The maximum absolute atomic E-state index is 12.4. The molecule has 0 bridgehead atoms. The van der Waals surface area contributed by atoms with Crippen molar-refractivity contribution in [3.05, 3.63) is 29.8 Å². The smallest absolute Gasteiger partial charge is 0.317 e. The lowest BCUT2D eigenvalue weighted by molar-refractivity contribution is -0.130. The van der Waals surface area contributed by atoms with Gasteiger partial charge in [-0.25, -0.2) is 4.79 Å². The highest BCUT2D eigenvalue weighted by Gasteiger charge is 2.45. The number of urea groups is 1. The van der Waals surface area contributed by atoms with E-state index in [1.165, 1.54) is 0 Å². The van der Waals surface area contributed by atoms with Gasteiger partial charge >= 0.3 is 6.03 Å². The van der Waals surface area contributed by atoms with Gasteiger partial charge in [-0.15, -0.1) is 0 Å². The van der Waals surface area contributed by atoms with E-state index in [9.17, 15) is 9.59 Å². The van der Waals surface area contributed by atoms with E-state index in [0.717, 1.165) is 24.2 Å². The molecule has 2 heterocycles. The number of likely N-dealkylation sites (tertiary alicyclic amines) is 2. The van der Waals surface area contributed by atoms with E-state index in [0.29, 0.717) is 26.2 Å². The molecule has 1 N–H and O–H groups in total. The van der Waals surface area contributed by atoms with Crippen LogP contribution in [0.5, 0.6) is 5.75 Å². The molecule has 6 heteroatoms. The third-order valence-electron chi connectivity index (χ3n) is 4.83. The van der Waals surface area contributed by atoms with E-state index < -0.39 is 0 Å². The number of fused-ring (bicyclic) bond motifs is 1. The molecule has 0 radical (unpaired) electrons. The Morgan fingerprint density at radius 2 is 2.25 bits per heavy atom. The number of carbonyl (C=O) groups excluding carboxylic acids is 2. The topological polar surface area (TPSA) is 61.9 Å². The van der Waals surface area contributed by atoms with Gasteiger partial charge in [0.25, 0.3) is 0 Å². The van der Waals surface area contributed by atoms with E-state index in [1.54, 1.807) is 4.90 Å². The van der Waals surface area contributed by atoms with Crippen LogP contribution in [0, 0.1) is 12.8 Å². The van der Waals surface area contributed by atoms with Crippen LogP contribution in [0.25, 0.3) is 0 Å². The highest BCUT2D eigenvalue weighted by molar-refractivity contribution is 5.84. The molecule has 3 amide bonds. The molecule has 1 aromatic carbocycles. The van der Waals surface area contributed by atoms with Crippen LogP contribution < -0.4 is 10.1 Å². The summed E-state index contributed by atoms with van der Waals surface area (Å²) in [5.41, 5.74) is 1.14. The number of aryl methyl sites for hydroxylation is 1. The molecule has 3 rings (SSSR count). The van der Waals surface area contributed by atoms with Gasteiger partial charge in [-0.3, -0.25) is 4.79 Å². The Morgan fingerprint density at radius 1 is 1.42 bits per heavy atom. The number of benzene rings is 1. The van der Waals surface area contributed by atoms with Crippen molar-refractivity contribution < 1.29 is 14.3 Å². The summed E-state index contributed by atoms with van der Waals surface area (Å²) in [6.07, 6.45) is 1.77. The molecular formula is C18H25N3O3. The minimum absolute atomic E-state index is 0.00828. The van der Waals surface area contributed by atoms with E-state index in [1.807, 2.05) is 43.1 Å². The second kappa shape index (κ2) is 7.11. The number of hydrogen-bond acceptors (Lipinski definition) is 3. The van der Waals surface area contributed by atoms with Gasteiger partial charge in [0.05, 0.1) is 18.5 Å². The van der Waals surface area contributed by atoms with Crippen LogP contribution in [0.15, 0.2) is 24.3 Å². The van der Waals surface area contributed by atoms with Gasteiger partial charge in [0.2, 0.25) is 5.91 Å². The van der Waals surface area contributed by atoms with Crippen molar-refractivity contribution in [2.45, 2.75) is 25.8 Å². The second-order valence-corrected chi connectivity index (χ2v) is 6.63. The molecule has 2 aliphatic rings. The number of nitrogens with one attached hydrogen (secondary N) is 1. The minimum Gasteiger partial charge on any atom is -0.492 e. The van der Waals surface area contributed by atoms with Gasteiger partial charge in [0, 0.05) is 20.1 Å². The van der Waals surface area contributed by atoms with Crippen LogP contribution in [0.2, 0.25) is 0 Å². The summed E-state index contributed by atoms with van der Waals surface area (Å²) in [4.78, 5) is 28.1. The van der Waals surface area contributed by atoms with Crippen LogP contribution in [-0.2, 0) is 4.79 Å².